The van der Waals surface area contributed by atoms with Gasteiger partial charge < -0.3 is 5.32 Å². The van der Waals surface area contributed by atoms with Crippen LogP contribution in [0.2, 0.25) is 0 Å². The average Bonchev–Trinajstić information content (AvgIpc) is 2.52. The second-order valence-corrected chi connectivity index (χ2v) is 7.68. The highest BCUT2D eigenvalue weighted by Crippen LogP contribution is 2.21. The Morgan fingerprint density at radius 1 is 1.11 bits per heavy atom. The maximum Gasteiger partial charge on any atom is 0.323 e. The van der Waals surface area contributed by atoms with E-state index in [2.05, 4.69) is 48.5 Å². The van der Waals surface area contributed by atoms with E-state index in [1.807, 2.05) is 23.0 Å². The van der Waals surface area contributed by atoms with Gasteiger partial charge in [0.2, 0.25) is 11.6 Å². The number of halogens is 1. The maximum atomic E-state index is 11.9. The topological polar surface area (TPSA) is 167 Å². The summed E-state index contributed by atoms with van der Waals surface area (Å²) in [5.74, 6) is -0.803. The molecule has 2 N–H and O–H groups in total. The lowest BCUT2D eigenvalue weighted by atomic mass is 9.88. The zero-order valence-corrected chi connectivity index (χ0v) is 15.6. The summed E-state index contributed by atoms with van der Waals surface area (Å²) in [5, 5.41) is 4.89. The summed E-state index contributed by atoms with van der Waals surface area (Å²) < 4.78 is 35.9. The van der Waals surface area contributed by atoms with Crippen LogP contribution in [0.15, 0.2) is 35.6 Å². The molecule has 10 nitrogen and oxygen atoms in total. The van der Waals surface area contributed by atoms with E-state index in [1.54, 1.807) is 6.21 Å². The summed E-state index contributed by atoms with van der Waals surface area (Å²) in [6, 6.07) is 3.62. The predicted octanol–water partition coefficient (Wildman–Crippen LogP) is -3.78. The fourth-order valence-electron chi connectivity index (χ4n) is 2.53. The van der Waals surface area contributed by atoms with Gasteiger partial charge in [0.15, 0.2) is 12.4 Å². The Kier molecular flexibility index (Phi) is 5.97. The number of hydrogen-bond acceptors (Lipinski definition) is 7. The van der Waals surface area contributed by atoms with Gasteiger partial charge >= 0.3 is 6.03 Å². The third-order valence-electron chi connectivity index (χ3n) is 3.87. The maximum absolute atomic E-state index is 11.9. The molecule has 3 heterocycles. The SMILES string of the molecule is CC(C)(C)c1cc[n+](C2=CC3C(=O)NC(=O)NC3N=C2)cc1.[O-][Cl+3]([O-])([O-])[O-]. The zero-order chi connectivity index (χ0) is 20.4. The molecule has 0 aliphatic carbocycles. The van der Waals surface area contributed by atoms with Crippen LogP contribution in [-0.2, 0) is 10.2 Å². The van der Waals surface area contributed by atoms with E-state index in [-0.39, 0.29) is 11.3 Å². The first-order valence-corrected chi connectivity index (χ1v) is 9.08. The molecule has 2 aliphatic heterocycles. The van der Waals surface area contributed by atoms with E-state index < -0.39 is 28.4 Å². The molecule has 11 heteroatoms. The van der Waals surface area contributed by atoms with Gasteiger partial charge in [-0.25, -0.2) is 23.4 Å². The number of allylic oxidation sites excluding steroid dienone is 1. The Hall–Kier alpha value is -2.37. The molecule has 3 rings (SSSR count). The van der Waals surface area contributed by atoms with Crippen molar-refractivity contribution in [2.45, 2.75) is 32.4 Å². The van der Waals surface area contributed by atoms with Gasteiger partial charge in [-0.05, 0) is 11.0 Å². The van der Waals surface area contributed by atoms with Gasteiger partial charge in [-0.1, -0.05) is 20.8 Å². The Bertz CT molecular complexity index is 774. The Labute approximate surface area is 157 Å². The number of fused-ring (bicyclic) bond motifs is 1. The van der Waals surface area contributed by atoms with Crippen molar-refractivity contribution in [2.75, 3.05) is 0 Å². The normalized spacial score (nSPS) is 22.0. The predicted molar refractivity (Wildman–Crippen MR) is 82.1 cm³/mol. The highest BCUT2D eigenvalue weighted by atomic mass is 35.7. The second-order valence-electron chi connectivity index (χ2n) is 6.93. The van der Waals surface area contributed by atoms with Crippen LogP contribution in [0.4, 0.5) is 4.79 Å². The number of dihydropyridines is 1. The minimum absolute atomic E-state index is 0.0900. The molecule has 0 radical (unpaired) electrons. The van der Waals surface area contributed by atoms with Crippen molar-refractivity contribution in [2.24, 2.45) is 10.9 Å². The van der Waals surface area contributed by atoms with Gasteiger partial charge in [-0.3, -0.25) is 15.1 Å². The Morgan fingerprint density at radius 2 is 1.67 bits per heavy atom. The first-order valence-electron chi connectivity index (χ1n) is 7.85. The second kappa shape index (κ2) is 7.71. The number of carbonyl (C=O) groups is 2. The van der Waals surface area contributed by atoms with Crippen LogP contribution >= 0.6 is 0 Å². The first-order chi connectivity index (χ1) is 12.3. The number of imide groups is 1. The molecule has 1 fully saturated rings. The van der Waals surface area contributed by atoms with Crippen LogP contribution in [0, 0.1) is 16.2 Å². The minimum Gasteiger partial charge on any atom is -0.315 e. The number of nitrogens with one attached hydrogen (secondary N) is 2. The monoisotopic (exact) mass is 398 g/mol. The highest BCUT2D eigenvalue weighted by Gasteiger charge is 2.37. The molecule has 0 saturated carbocycles. The van der Waals surface area contributed by atoms with Crippen LogP contribution in [0.5, 0.6) is 0 Å². The molecule has 0 spiro atoms. The summed E-state index contributed by atoms with van der Waals surface area (Å²) >= 11 is 0. The van der Waals surface area contributed by atoms with Gasteiger partial charge in [0.1, 0.15) is 12.1 Å². The number of aromatic nitrogens is 1. The molecule has 2 unspecified atom stereocenters. The molecule has 2 atom stereocenters. The number of urea groups is 1. The number of pyridine rings is 1. The van der Waals surface area contributed by atoms with Crippen molar-refractivity contribution in [3.8, 4) is 0 Å². The van der Waals surface area contributed by atoms with Gasteiger partial charge in [0.05, 0.1) is 6.21 Å². The lowest BCUT2D eigenvalue weighted by Gasteiger charge is -2.28. The number of amides is 3. The molecule has 0 bridgehead atoms. The minimum atomic E-state index is -4.94. The number of carbonyl (C=O) groups excluding carboxylic acids is 2. The van der Waals surface area contributed by atoms with Crippen LogP contribution in [0.3, 0.4) is 0 Å². The van der Waals surface area contributed by atoms with Gasteiger partial charge in [-0.15, -0.1) is 10.2 Å². The fourth-order valence-corrected chi connectivity index (χ4v) is 2.53. The number of hydrogen-bond donors (Lipinski definition) is 2. The number of rotatable bonds is 1. The third kappa shape index (κ3) is 6.08. The third-order valence-corrected chi connectivity index (χ3v) is 3.87. The van der Waals surface area contributed by atoms with Crippen molar-refractivity contribution >= 4 is 23.8 Å². The summed E-state index contributed by atoms with van der Waals surface area (Å²) in [6.07, 6.45) is 6.90. The van der Waals surface area contributed by atoms with Crippen molar-refractivity contribution in [3.05, 3.63) is 36.2 Å². The molecule has 1 aromatic heterocycles. The van der Waals surface area contributed by atoms with Gasteiger partial charge in [0, 0.05) is 18.2 Å². The van der Waals surface area contributed by atoms with Crippen LogP contribution in [-0.4, -0.2) is 24.3 Å². The lowest BCUT2D eigenvalue weighted by molar-refractivity contribution is -2.00. The van der Waals surface area contributed by atoms with Crippen LogP contribution in [0.1, 0.15) is 26.3 Å². The van der Waals surface area contributed by atoms with Crippen molar-refractivity contribution in [3.63, 3.8) is 0 Å². The van der Waals surface area contributed by atoms with E-state index >= 15 is 0 Å². The van der Waals surface area contributed by atoms with E-state index in [1.165, 1.54) is 5.56 Å². The molecule has 3 amide bonds. The van der Waals surface area contributed by atoms with E-state index in [9.17, 15) is 9.59 Å². The standard InChI is InChI=1S/C16H18N4O2.ClHO4/c1-16(2,3)10-4-6-20(7-5-10)11-8-12-13(17-9-11)18-15(22)19-14(12)21;2-1(3,4)5/h4-9,12-13H,1-3H3,(H-,18,19,21,22);(H,2,3,4,5). The summed E-state index contributed by atoms with van der Waals surface area (Å²) in [5.41, 5.74) is 2.14. The molecular weight excluding hydrogens is 380 g/mol. The zero-order valence-electron chi connectivity index (χ0n) is 14.8. The quantitative estimate of drug-likeness (QED) is 0.460. The van der Waals surface area contributed by atoms with E-state index in [4.69, 9.17) is 18.6 Å². The summed E-state index contributed by atoms with van der Waals surface area (Å²) in [4.78, 5) is 27.4. The van der Waals surface area contributed by atoms with Crippen molar-refractivity contribution < 1.29 is 43.0 Å². The van der Waals surface area contributed by atoms with E-state index in [0.29, 0.717) is 0 Å². The molecule has 146 valence electrons. The molecular formula is C16H19ClN4O6. The summed E-state index contributed by atoms with van der Waals surface area (Å²) in [6.45, 7) is 6.48. The molecule has 1 saturated heterocycles. The first kappa shape index (κ1) is 20.9. The fraction of sp³-hybridized carbons (Fsp3) is 0.375. The van der Waals surface area contributed by atoms with Crippen molar-refractivity contribution in [1.29, 1.82) is 0 Å². The molecule has 27 heavy (non-hydrogen) atoms. The van der Waals surface area contributed by atoms with Gasteiger partial charge in [0.25, 0.3) is 0 Å². The number of nitrogens with zero attached hydrogens (tertiary/aromatic N) is 2. The highest BCUT2D eigenvalue weighted by molar-refractivity contribution is 6.05. The molecule has 1 aromatic rings. The number of aliphatic imine (C=N–C) groups is 1. The van der Waals surface area contributed by atoms with Gasteiger partial charge in [-0.2, -0.15) is 4.57 Å². The average molecular weight is 399 g/mol. The lowest BCUT2D eigenvalue weighted by Crippen LogP contribution is -2.68. The largest absolute Gasteiger partial charge is 0.323 e. The van der Waals surface area contributed by atoms with Crippen molar-refractivity contribution in [1.82, 2.24) is 10.6 Å². The van der Waals surface area contributed by atoms with Crippen LogP contribution in [0.25, 0.3) is 5.70 Å². The Morgan fingerprint density at radius 3 is 2.19 bits per heavy atom. The molecule has 2 aliphatic rings. The van der Waals surface area contributed by atoms with E-state index in [0.717, 1.165) is 5.70 Å². The smallest absolute Gasteiger partial charge is 0.315 e. The Balaban J connectivity index is 0.000000465. The van der Waals surface area contributed by atoms with Crippen LogP contribution < -0.4 is 33.8 Å². The molecule has 0 aromatic carbocycles. The summed E-state index contributed by atoms with van der Waals surface area (Å²) in [7, 11) is -4.94.